The predicted molar refractivity (Wildman–Crippen MR) is 178 cm³/mol. The van der Waals surface area contributed by atoms with Gasteiger partial charge in [-0.25, -0.2) is 0 Å². The molecular weight excluding hydrogens is 472 g/mol. The fraction of sp³-hybridized carbons (Fsp3) is 0.974. The van der Waals surface area contributed by atoms with Crippen LogP contribution in [0.1, 0.15) is 233 Å². The minimum absolute atomic E-state index is 0.367. The number of hydrogen-bond donors (Lipinski definition) is 0. The van der Waals surface area contributed by atoms with E-state index in [2.05, 4.69) is 20.8 Å². The van der Waals surface area contributed by atoms with Gasteiger partial charge in [0.2, 0.25) is 0 Å². The van der Waals surface area contributed by atoms with Gasteiger partial charge in [-0.15, -0.1) is 0 Å². The number of hydrogen-bond acceptors (Lipinski definition) is 1. The van der Waals surface area contributed by atoms with E-state index in [1.54, 1.807) is 0 Å². The second-order valence-electron chi connectivity index (χ2n) is 13.0. The van der Waals surface area contributed by atoms with Gasteiger partial charge in [0.1, 0.15) is 5.78 Å². The third kappa shape index (κ3) is 30.5. The molecule has 0 aliphatic carbocycles. The number of carbonyl (C=O) groups excluding carboxylic acids is 1. The molecule has 0 bridgehead atoms. The quantitative estimate of drug-likeness (QED) is 0.0731. The van der Waals surface area contributed by atoms with Crippen molar-refractivity contribution in [1.29, 1.82) is 0 Å². The third-order valence-electron chi connectivity index (χ3n) is 9.04. The summed E-state index contributed by atoms with van der Waals surface area (Å²) in [6.07, 6.45) is 44.5. The average molecular weight is 549 g/mol. The van der Waals surface area contributed by atoms with E-state index in [1.165, 1.54) is 199 Å². The Bertz CT molecular complexity index is 434. The van der Waals surface area contributed by atoms with Crippen molar-refractivity contribution in [3.63, 3.8) is 0 Å². The van der Waals surface area contributed by atoms with Crippen molar-refractivity contribution in [1.82, 2.24) is 0 Å². The molecule has 0 amide bonds. The van der Waals surface area contributed by atoms with Gasteiger partial charge in [-0.2, -0.15) is 0 Å². The molecule has 1 nitrogen and oxygen atoms in total. The maximum Gasteiger partial charge on any atom is 0.135 e. The molecule has 0 aromatic rings. The van der Waals surface area contributed by atoms with Crippen molar-refractivity contribution < 1.29 is 4.79 Å². The number of carbonyl (C=O) groups is 1. The number of Topliss-reactive ketones (excluding diaryl/α,β-unsaturated/α-hetero) is 1. The zero-order chi connectivity index (χ0) is 28.5. The molecule has 39 heavy (non-hydrogen) atoms. The molecule has 0 aliphatic heterocycles. The molecule has 0 spiro atoms. The van der Waals surface area contributed by atoms with Gasteiger partial charge in [0.25, 0.3) is 0 Å². The molecule has 0 N–H and O–H groups in total. The lowest BCUT2D eigenvalue weighted by atomic mass is 9.88. The highest BCUT2D eigenvalue weighted by atomic mass is 16.1. The maximum atomic E-state index is 13.2. The van der Waals surface area contributed by atoms with Crippen LogP contribution in [-0.4, -0.2) is 5.78 Å². The third-order valence-corrected chi connectivity index (χ3v) is 9.04. The standard InChI is InChI=1S/C38H76O/c1-4-7-10-13-16-19-20-21-24-27-30-33-36-38(39)37(34-31-28-25-22-17-14-11-8-5-2)35-32-29-26-23-18-15-12-9-6-3/h37H,4-36H2,1-3H3. The summed E-state index contributed by atoms with van der Waals surface area (Å²) < 4.78 is 0. The van der Waals surface area contributed by atoms with Crippen LogP contribution in [0.25, 0.3) is 0 Å². The Labute approximate surface area is 248 Å². The predicted octanol–water partition coefficient (Wildman–Crippen LogP) is 14.1. The Kier molecular flexibility index (Phi) is 33.6. The van der Waals surface area contributed by atoms with Crippen molar-refractivity contribution in [2.45, 2.75) is 233 Å². The van der Waals surface area contributed by atoms with Crippen LogP contribution in [0.3, 0.4) is 0 Å². The van der Waals surface area contributed by atoms with Gasteiger partial charge in [-0.05, 0) is 19.3 Å². The first-order valence-corrected chi connectivity index (χ1v) is 18.8. The molecule has 234 valence electrons. The summed E-state index contributed by atoms with van der Waals surface area (Å²) in [6, 6.07) is 0. The fourth-order valence-electron chi connectivity index (χ4n) is 6.21. The minimum Gasteiger partial charge on any atom is -0.299 e. The molecule has 0 atom stereocenters. The van der Waals surface area contributed by atoms with E-state index in [9.17, 15) is 4.79 Å². The molecule has 0 aromatic carbocycles. The monoisotopic (exact) mass is 549 g/mol. The van der Waals surface area contributed by atoms with E-state index in [4.69, 9.17) is 0 Å². The second-order valence-corrected chi connectivity index (χ2v) is 13.0. The SMILES string of the molecule is CCCCCCCCCCCCCCC(=O)C(CCCCCCCCCCC)CCCCCCCCCCC. The van der Waals surface area contributed by atoms with Crippen LogP contribution in [-0.2, 0) is 4.79 Å². The number of rotatable bonds is 34. The van der Waals surface area contributed by atoms with Crippen LogP contribution in [0, 0.1) is 5.92 Å². The first-order chi connectivity index (χ1) is 19.3. The highest BCUT2D eigenvalue weighted by molar-refractivity contribution is 5.80. The minimum atomic E-state index is 0.367. The molecule has 0 unspecified atom stereocenters. The van der Waals surface area contributed by atoms with Crippen molar-refractivity contribution >= 4 is 5.78 Å². The summed E-state index contributed by atoms with van der Waals surface area (Å²) in [5.74, 6) is 0.980. The van der Waals surface area contributed by atoms with Crippen molar-refractivity contribution in [3.8, 4) is 0 Å². The lowest BCUT2D eigenvalue weighted by molar-refractivity contribution is -0.123. The zero-order valence-corrected chi connectivity index (χ0v) is 27.8. The van der Waals surface area contributed by atoms with Gasteiger partial charge in [-0.3, -0.25) is 4.79 Å². The first kappa shape index (κ1) is 38.7. The molecule has 0 saturated heterocycles. The number of ketones is 1. The average Bonchev–Trinajstić information content (AvgIpc) is 2.94. The van der Waals surface area contributed by atoms with Crippen LogP contribution >= 0.6 is 0 Å². The molecule has 1 heteroatoms. The van der Waals surface area contributed by atoms with Gasteiger partial charge >= 0.3 is 0 Å². The van der Waals surface area contributed by atoms with Crippen LogP contribution < -0.4 is 0 Å². The Balaban J connectivity index is 4.02. The van der Waals surface area contributed by atoms with E-state index in [0.717, 1.165) is 12.8 Å². The highest BCUT2D eigenvalue weighted by Crippen LogP contribution is 2.23. The Morgan fingerprint density at radius 2 is 0.564 bits per heavy atom. The second kappa shape index (κ2) is 33.9. The van der Waals surface area contributed by atoms with Gasteiger partial charge < -0.3 is 0 Å². The Morgan fingerprint density at radius 1 is 0.333 bits per heavy atom. The highest BCUT2D eigenvalue weighted by Gasteiger charge is 2.17. The summed E-state index contributed by atoms with van der Waals surface area (Å²) in [5, 5.41) is 0. The van der Waals surface area contributed by atoms with Crippen LogP contribution in [0.15, 0.2) is 0 Å². The summed E-state index contributed by atoms with van der Waals surface area (Å²) in [5.41, 5.74) is 0. The molecule has 0 radical (unpaired) electrons. The molecule has 0 saturated carbocycles. The van der Waals surface area contributed by atoms with E-state index in [1.807, 2.05) is 0 Å². The molecule has 0 aliphatic rings. The fourth-order valence-corrected chi connectivity index (χ4v) is 6.21. The molecular formula is C38H76O. The summed E-state index contributed by atoms with van der Waals surface area (Å²) >= 11 is 0. The van der Waals surface area contributed by atoms with Gasteiger partial charge in [0, 0.05) is 12.3 Å². The van der Waals surface area contributed by atoms with Crippen molar-refractivity contribution in [2.75, 3.05) is 0 Å². The summed E-state index contributed by atoms with van der Waals surface area (Å²) in [6.45, 7) is 6.89. The van der Waals surface area contributed by atoms with Crippen LogP contribution in [0.5, 0.6) is 0 Å². The molecule has 0 fully saturated rings. The van der Waals surface area contributed by atoms with E-state index in [-0.39, 0.29) is 0 Å². The molecule has 0 aromatic heterocycles. The molecule has 0 rings (SSSR count). The van der Waals surface area contributed by atoms with Gasteiger partial charge in [-0.1, -0.05) is 207 Å². The zero-order valence-electron chi connectivity index (χ0n) is 27.8. The smallest absolute Gasteiger partial charge is 0.135 e. The first-order valence-electron chi connectivity index (χ1n) is 18.8. The summed E-state index contributed by atoms with van der Waals surface area (Å²) in [7, 11) is 0. The van der Waals surface area contributed by atoms with E-state index >= 15 is 0 Å². The van der Waals surface area contributed by atoms with E-state index < -0.39 is 0 Å². The normalized spacial score (nSPS) is 11.6. The van der Waals surface area contributed by atoms with Crippen molar-refractivity contribution in [2.24, 2.45) is 5.92 Å². The van der Waals surface area contributed by atoms with Gasteiger partial charge in [0.05, 0.1) is 0 Å². The number of unbranched alkanes of at least 4 members (excludes halogenated alkanes) is 27. The van der Waals surface area contributed by atoms with Crippen molar-refractivity contribution in [3.05, 3.63) is 0 Å². The topological polar surface area (TPSA) is 17.1 Å². The Hall–Kier alpha value is -0.330. The lowest BCUT2D eigenvalue weighted by Gasteiger charge is -2.16. The Morgan fingerprint density at radius 3 is 0.846 bits per heavy atom. The van der Waals surface area contributed by atoms with Crippen LogP contribution in [0.2, 0.25) is 0 Å². The lowest BCUT2D eigenvalue weighted by Crippen LogP contribution is -2.14. The van der Waals surface area contributed by atoms with Gasteiger partial charge in [0.15, 0.2) is 0 Å². The van der Waals surface area contributed by atoms with Crippen LogP contribution in [0.4, 0.5) is 0 Å². The molecule has 0 heterocycles. The largest absolute Gasteiger partial charge is 0.299 e. The summed E-state index contributed by atoms with van der Waals surface area (Å²) in [4.78, 5) is 13.2. The maximum absolute atomic E-state index is 13.2. The van der Waals surface area contributed by atoms with E-state index in [0.29, 0.717) is 11.7 Å².